The number of hydrogen-bond donors (Lipinski definition) is 0. The van der Waals surface area contributed by atoms with Crippen LogP contribution in [0, 0.1) is 16.0 Å². The number of non-ortho nitro benzene ring substituents is 1. The summed E-state index contributed by atoms with van der Waals surface area (Å²) in [5.41, 5.74) is 1.77. The normalized spacial score (nSPS) is 15.2. The van der Waals surface area contributed by atoms with Gasteiger partial charge in [0.25, 0.3) is 5.69 Å². The predicted octanol–water partition coefficient (Wildman–Crippen LogP) is 3.17. The molecule has 0 unspecified atom stereocenters. The number of nitrogens with zero attached hydrogens (tertiary/aromatic N) is 3. The van der Waals surface area contributed by atoms with Crippen LogP contribution < -0.4 is 4.90 Å². The number of carbonyl (C=O) groups excluding carboxylic acids is 1. The van der Waals surface area contributed by atoms with Gasteiger partial charge in [-0.15, -0.1) is 0 Å². The first kappa shape index (κ1) is 17.0. The first-order valence-electron chi connectivity index (χ1n) is 8.43. The van der Waals surface area contributed by atoms with Crippen molar-refractivity contribution >= 4 is 17.3 Å². The van der Waals surface area contributed by atoms with Gasteiger partial charge >= 0.3 is 5.97 Å². The summed E-state index contributed by atoms with van der Waals surface area (Å²) < 4.78 is 6.99. The van der Waals surface area contributed by atoms with Crippen molar-refractivity contribution in [2.24, 2.45) is 5.92 Å². The van der Waals surface area contributed by atoms with Crippen LogP contribution in [0.15, 0.2) is 42.7 Å². The number of benzene rings is 1. The van der Waals surface area contributed by atoms with Crippen molar-refractivity contribution in [3.8, 4) is 5.69 Å². The Morgan fingerprint density at radius 3 is 2.52 bits per heavy atom. The number of piperidine rings is 1. The third kappa shape index (κ3) is 3.65. The monoisotopic (exact) mass is 343 g/mol. The van der Waals surface area contributed by atoms with Gasteiger partial charge in [0.15, 0.2) is 0 Å². The zero-order valence-corrected chi connectivity index (χ0v) is 14.1. The number of aromatic nitrogens is 1. The van der Waals surface area contributed by atoms with Gasteiger partial charge in [0.05, 0.1) is 28.8 Å². The van der Waals surface area contributed by atoms with E-state index in [4.69, 9.17) is 4.74 Å². The van der Waals surface area contributed by atoms with Crippen molar-refractivity contribution in [1.82, 2.24) is 4.57 Å². The van der Waals surface area contributed by atoms with Gasteiger partial charge in [-0.1, -0.05) is 0 Å². The highest BCUT2D eigenvalue weighted by Crippen LogP contribution is 2.32. The van der Waals surface area contributed by atoms with Crippen LogP contribution in [0.25, 0.3) is 5.69 Å². The molecule has 0 saturated carbocycles. The summed E-state index contributed by atoms with van der Waals surface area (Å²) >= 11 is 0. The van der Waals surface area contributed by atoms with E-state index in [1.165, 1.54) is 6.07 Å². The maximum atomic E-state index is 11.9. The van der Waals surface area contributed by atoms with E-state index >= 15 is 0 Å². The highest BCUT2D eigenvalue weighted by Gasteiger charge is 2.27. The van der Waals surface area contributed by atoms with Crippen LogP contribution in [0.1, 0.15) is 19.8 Å². The molecule has 1 aromatic heterocycles. The minimum Gasteiger partial charge on any atom is -0.466 e. The predicted molar refractivity (Wildman–Crippen MR) is 94.0 cm³/mol. The van der Waals surface area contributed by atoms with Crippen LogP contribution in [0.4, 0.5) is 11.4 Å². The van der Waals surface area contributed by atoms with Gasteiger partial charge in [0.1, 0.15) is 0 Å². The Balaban J connectivity index is 1.83. The van der Waals surface area contributed by atoms with Crippen LogP contribution in [0.3, 0.4) is 0 Å². The zero-order chi connectivity index (χ0) is 17.8. The van der Waals surface area contributed by atoms with Gasteiger partial charge in [-0.3, -0.25) is 14.9 Å². The number of hydrogen-bond acceptors (Lipinski definition) is 5. The van der Waals surface area contributed by atoms with E-state index in [0.717, 1.165) is 37.3 Å². The average molecular weight is 343 g/mol. The molecule has 0 N–H and O–H groups in total. The van der Waals surface area contributed by atoms with Crippen molar-refractivity contribution in [2.75, 3.05) is 24.6 Å². The third-order valence-electron chi connectivity index (χ3n) is 4.51. The second kappa shape index (κ2) is 7.38. The lowest BCUT2D eigenvalue weighted by molar-refractivity contribution is -0.384. The zero-order valence-electron chi connectivity index (χ0n) is 14.1. The standard InChI is InChI=1S/C18H21N3O4/c1-2-25-18(22)14-7-11-20(12-8-14)16-6-5-15(21(23)24)13-17(16)19-9-3-4-10-19/h3-6,9-10,13-14H,2,7-8,11-12H2,1H3. The molecule has 0 bridgehead atoms. The molecule has 0 amide bonds. The van der Waals surface area contributed by atoms with Gasteiger partial charge in [-0.25, -0.2) is 0 Å². The van der Waals surface area contributed by atoms with Gasteiger partial charge in [0, 0.05) is 37.6 Å². The summed E-state index contributed by atoms with van der Waals surface area (Å²) in [6.45, 7) is 3.65. The SMILES string of the molecule is CCOC(=O)C1CCN(c2ccc([N+](=O)[O-])cc2-n2cccc2)CC1. The van der Waals surface area contributed by atoms with Gasteiger partial charge in [-0.2, -0.15) is 0 Å². The topological polar surface area (TPSA) is 77.6 Å². The minimum absolute atomic E-state index is 0.0638. The summed E-state index contributed by atoms with van der Waals surface area (Å²) in [5, 5.41) is 11.1. The molecule has 1 aliphatic rings. The number of nitro groups is 1. The third-order valence-corrected chi connectivity index (χ3v) is 4.51. The molecule has 1 saturated heterocycles. The second-order valence-corrected chi connectivity index (χ2v) is 6.03. The van der Waals surface area contributed by atoms with Crippen molar-refractivity contribution in [2.45, 2.75) is 19.8 Å². The molecule has 132 valence electrons. The molecule has 2 heterocycles. The molecular formula is C18H21N3O4. The van der Waals surface area contributed by atoms with Crippen molar-refractivity contribution in [1.29, 1.82) is 0 Å². The second-order valence-electron chi connectivity index (χ2n) is 6.03. The largest absolute Gasteiger partial charge is 0.466 e. The highest BCUT2D eigenvalue weighted by atomic mass is 16.6. The molecule has 1 aliphatic heterocycles. The fourth-order valence-electron chi connectivity index (χ4n) is 3.21. The Morgan fingerprint density at radius 1 is 1.24 bits per heavy atom. The van der Waals surface area contributed by atoms with E-state index in [-0.39, 0.29) is 22.5 Å². The minimum atomic E-state index is -0.385. The molecule has 0 spiro atoms. The maximum absolute atomic E-state index is 11.9. The Morgan fingerprint density at radius 2 is 1.92 bits per heavy atom. The molecule has 0 radical (unpaired) electrons. The van der Waals surface area contributed by atoms with Crippen LogP contribution >= 0.6 is 0 Å². The number of anilines is 1. The smallest absolute Gasteiger partial charge is 0.309 e. The van der Waals surface area contributed by atoms with Gasteiger partial charge in [0.2, 0.25) is 0 Å². The summed E-state index contributed by atoms with van der Waals surface area (Å²) in [6, 6.07) is 8.68. The van der Waals surface area contributed by atoms with Crippen LogP contribution in [0.2, 0.25) is 0 Å². The molecule has 1 aromatic carbocycles. The summed E-state index contributed by atoms with van der Waals surface area (Å²) in [4.78, 5) is 24.8. The van der Waals surface area contributed by atoms with E-state index < -0.39 is 0 Å². The van der Waals surface area contributed by atoms with Crippen LogP contribution in [-0.4, -0.2) is 35.2 Å². The number of carbonyl (C=O) groups is 1. The summed E-state index contributed by atoms with van der Waals surface area (Å²) in [6.07, 6.45) is 5.18. The maximum Gasteiger partial charge on any atom is 0.309 e. The Bertz CT molecular complexity index is 750. The molecule has 7 nitrogen and oxygen atoms in total. The lowest BCUT2D eigenvalue weighted by Gasteiger charge is -2.33. The number of ether oxygens (including phenoxy) is 1. The Labute approximate surface area is 146 Å². The Kier molecular flexibility index (Phi) is 5.02. The molecule has 0 atom stereocenters. The fourth-order valence-corrected chi connectivity index (χ4v) is 3.21. The lowest BCUT2D eigenvalue weighted by atomic mass is 9.96. The average Bonchev–Trinajstić information content (AvgIpc) is 3.16. The van der Waals surface area contributed by atoms with E-state index in [2.05, 4.69) is 4.90 Å². The molecule has 7 heteroatoms. The van der Waals surface area contributed by atoms with Crippen LogP contribution in [0.5, 0.6) is 0 Å². The van der Waals surface area contributed by atoms with Gasteiger partial charge < -0.3 is 14.2 Å². The van der Waals surface area contributed by atoms with E-state index in [9.17, 15) is 14.9 Å². The lowest BCUT2D eigenvalue weighted by Crippen LogP contribution is -2.37. The molecule has 1 fully saturated rings. The van der Waals surface area contributed by atoms with E-state index in [1.54, 1.807) is 12.1 Å². The quantitative estimate of drug-likeness (QED) is 0.473. The first-order valence-corrected chi connectivity index (χ1v) is 8.43. The van der Waals surface area contributed by atoms with E-state index in [0.29, 0.717) is 6.61 Å². The van der Waals surface area contributed by atoms with Gasteiger partial charge in [-0.05, 0) is 38.0 Å². The van der Waals surface area contributed by atoms with Crippen LogP contribution in [-0.2, 0) is 9.53 Å². The Hall–Kier alpha value is -2.83. The molecule has 2 aromatic rings. The van der Waals surface area contributed by atoms with E-state index in [1.807, 2.05) is 36.0 Å². The van der Waals surface area contributed by atoms with Crippen molar-refractivity contribution in [3.05, 3.63) is 52.8 Å². The molecule has 0 aliphatic carbocycles. The number of esters is 1. The molecule has 3 rings (SSSR count). The van der Waals surface area contributed by atoms with Crippen molar-refractivity contribution in [3.63, 3.8) is 0 Å². The molecule has 25 heavy (non-hydrogen) atoms. The number of rotatable bonds is 5. The first-order chi connectivity index (χ1) is 12.1. The summed E-state index contributed by atoms with van der Waals surface area (Å²) in [5.74, 6) is -0.194. The fraction of sp³-hybridized carbons (Fsp3) is 0.389. The summed E-state index contributed by atoms with van der Waals surface area (Å²) in [7, 11) is 0. The van der Waals surface area contributed by atoms with Crippen molar-refractivity contribution < 1.29 is 14.5 Å². The molecular weight excluding hydrogens is 322 g/mol. The number of nitro benzene ring substituents is 1. The highest BCUT2D eigenvalue weighted by molar-refractivity contribution is 5.73.